The number of Topliss-reactive ketones (excluding diaryl/α,β-unsaturated/α-hetero) is 1. The second kappa shape index (κ2) is 8.86. The number of rotatable bonds is 7. The van der Waals surface area contributed by atoms with Crippen LogP contribution in [0, 0.1) is 5.92 Å². The van der Waals surface area contributed by atoms with Gasteiger partial charge in [-0.05, 0) is 43.5 Å². The minimum absolute atomic E-state index is 0.0295. The van der Waals surface area contributed by atoms with Crippen LogP contribution in [0.1, 0.15) is 28.8 Å². The summed E-state index contributed by atoms with van der Waals surface area (Å²) in [4.78, 5) is 15.5. The number of ketones is 1. The Morgan fingerprint density at radius 1 is 1.12 bits per heavy atom. The average Bonchev–Trinajstić information content (AvgIpc) is 2.72. The molecule has 1 heterocycles. The molecule has 2 aromatic carbocycles. The molecule has 0 radical (unpaired) electrons. The Hall–Kier alpha value is -2.33. The lowest BCUT2D eigenvalue weighted by Crippen LogP contribution is -2.39. The molecule has 3 rings (SSSR count). The molecular formula is C22H27NO3. The minimum Gasteiger partial charge on any atom is -0.497 e. The first-order valence-corrected chi connectivity index (χ1v) is 9.23. The number of ether oxygens (including phenoxy) is 2. The van der Waals surface area contributed by atoms with Crippen molar-refractivity contribution in [2.45, 2.75) is 19.3 Å². The van der Waals surface area contributed by atoms with Gasteiger partial charge in [-0.25, -0.2) is 0 Å². The fourth-order valence-corrected chi connectivity index (χ4v) is 3.63. The van der Waals surface area contributed by atoms with Gasteiger partial charge in [-0.1, -0.05) is 30.3 Å². The molecule has 0 spiro atoms. The van der Waals surface area contributed by atoms with Gasteiger partial charge in [0.15, 0.2) is 5.78 Å². The molecule has 4 nitrogen and oxygen atoms in total. The molecule has 2 aromatic rings. The van der Waals surface area contributed by atoms with Crippen LogP contribution in [-0.4, -0.2) is 44.5 Å². The summed E-state index contributed by atoms with van der Waals surface area (Å²) in [6.45, 7) is 2.88. The zero-order valence-corrected chi connectivity index (χ0v) is 15.6. The number of carbonyl (C=O) groups excluding carboxylic acids is 1. The van der Waals surface area contributed by atoms with Crippen LogP contribution in [0.3, 0.4) is 0 Å². The lowest BCUT2D eigenvalue weighted by atomic mass is 9.89. The van der Waals surface area contributed by atoms with Gasteiger partial charge < -0.3 is 14.4 Å². The van der Waals surface area contributed by atoms with Crippen LogP contribution in [0.4, 0.5) is 0 Å². The molecule has 1 atom stereocenters. The summed E-state index contributed by atoms with van der Waals surface area (Å²) in [5.74, 6) is 1.50. The van der Waals surface area contributed by atoms with Crippen LogP contribution >= 0.6 is 0 Å². The topological polar surface area (TPSA) is 38.8 Å². The van der Waals surface area contributed by atoms with Crippen LogP contribution in [0.2, 0.25) is 0 Å². The van der Waals surface area contributed by atoms with Crippen molar-refractivity contribution in [2.24, 2.45) is 5.92 Å². The standard InChI is InChI=1S/C22H27NO3/c1-25-19-10-11-20(21(15-19)26-2)22(24)18-9-6-13-23(16-18)14-12-17-7-4-3-5-8-17/h3-5,7-8,10-11,15,18H,6,9,12-14,16H2,1-2H3/t18-/m1/s1. The van der Waals surface area contributed by atoms with Gasteiger partial charge in [-0.2, -0.15) is 0 Å². The van der Waals surface area contributed by atoms with Crippen LogP contribution in [0.5, 0.6) is 11.5 Å². The highest BCUT2D eigenvalue weighted by Gasteiger charge is 2.28. The van der Waals surface area contributed by atoms with Crippen molar-refractivity contribution in [1.82, 2.24) is 4.90 Å². The first-order valence-electron chi connectivity index (χ1n) is 9.23. The van der Waals surface area contributed by atoms with Crippen LogP contribution in [0.15, 0.2) is 48.5 Å². The molecule has 0 bridgehead atoms. The lowest BCUT2D eigenvalue weighted by Gasteiger charge is -2.32. The van der Waals surface area contributed by atoms with E-state index in [1.807, 2.05) is 18.2 Å². The van der Waals surface area contributed by atoms with Crippen LogP contribution in [-0.2, 0) is 6.42 Å². The largest absolute Gasteiger partial charge is 0.497 e. The molecule has 4 heteroatoms. The minimum atomic E-state index is 0.0295. The molecule has 0 saturated carbocycles. The Kier molecular flexibility index (Phi) is 6.29. The Morgan fingerprint density at radius 2 is 1.92 bits per heavy atom. The highest BCUT2D eigenvalue weighted by molar-refractivity contribution is 6.00. The van der Waals surface area contributed by atoms with E-state index in [9.17, 15) is 4.79 Å². The zero-order chi connectivity index (χ0) is 18.4. The molecule has 0 aromatic heterocycles. The van der Waals surface area contributed by atoms with Crippen LogP contribution < -0.4 is 9.47 Å². The monoisotopic (exact) mass is 353 g/mol. The summed E-state index contributed by atoms with van der Waals surface area (Å²) in [5, 5.41) is 0. The molecule has 0 amide bonds. The number of hydrogen-bond donors (Lipinski definition) is 0. The van der Waals surface area contributed by atoms with E-state index >= 15 is 0 Å². The van der Waals surface area contributed by atoms with E-state index in [-0.39, 0.29) is 11.7 Å². The van der Waals surface area contributed by atoms with Gasteiger partial charge >= 0.3 is 0 Å². The molecule has 1 saturated heterocycles. The summed E-state index contributed by atoms with van der Waals surface area (Å²) < 4.78 is 10.6. The van der Waals surface area contributed by atoms with E-state index in [1.54, 1.807) is 20.3 Å². The summed E-state index contributed by atoms with van der Waals surface area (Å²) in [6, 6.07) is 15.9. The van der Waals surface area contributed by atoms with E-state index in [0.29, 0.717) is 17.1 Å². The van der Waals surface area contributed by atoms with Gasteiger partial charge in [0.1, 0.15) is 11.5 Å². The number of nitrogens with zero attached hydrogens (tertiary/aromatic N) is 1. The Morgan fingerprint density at radius 3 is 2.65 bits per heavy atom. The molecule has 138 valence electrons. The SMILES string of the molecule is COc1ccc(C(=O)[C@@H]2CCCN(CCc3ccccc3)C2)c(OC)c1. The maximum absolute atomic E-state index is 13.1. The average molecular weight is 353 g/mol. The molecule has 0 N–H and O–H groups in total. The first kappa shape index (κ1) is 18.5. The number of benzene rings is 2. The molecule has 0 aliphatic carbocycles. The van der Waals surface area contributed by atoms with Gasteiger partial charge in [-0.3, -0.25) is 4.79 Å². The van der Waals surface area contributed by atoms with E-state index < -0.39 is 0 Å². The number of carbonyl (C=O) groups is 1. The van der Waals surface area contributed by atoms with Crippen molar-refractivity contribution in [1.29, 1.82) is 0 Å². The van der Waals surface area contributed by atoms with Gasteiger partial charge in [-0.15, -0.1) is 0 Å². The van der Waals surface area contributed by atoms with E-state index in [0.717, 1.165) is 38.9 Å². The molecule has 26 heavy (non-hydrogen) atoms. The number of hydrogen-bond acceptors (Lipinski definition) is 4. The Labute approximate surface area is 155 Å². The van der Waals surface area contributed by atoms with Crippen molar-refractivity contribution >= 4 is 5.78 Å². The van der Waals surface area contributed by atoms with E-state index in [2.05, 4.69) is 29.2 Å². The predicted octanol–water partition coefficient (Wildman–Crippen LogP) is 3.84. The summed E-state index contributed by atoms with van der Waals surface area (Å²) >= 11 is 0. The third kappa shape index (κ3) is 4.44. The predicted molar refractivity (Wildman–Crippen MR) is 103 cm³/mol. The molecule has 0 unspecified atom stereocenters. The van der Waals surface area contributed by atoms with E-state index in [1.165, 1.54) is 5.56 Å². The van der Waals surface area contributed by atoms with Gasteiger partial charge in [0.25, 0.3) is 0 Å². The summed E-state index contributed by atoms with van der Waals surface area (Å²) in [6.07, 6.45) is 3.02. The van der Waals surface area contributed by atoms with Crippen molar-refractivity contribution in [2.75, 3.05) is 33.9 Å². The number of methoxy groups -OCH3 is 2. The highest BCUT2D eigenvalue weighted by Crippen LogP contribution is 2.29. The fourth-order valence-electron chi connectivity index (χ4n) is 3.63. The van der Waals surface area contributed by atoms with Gasteiger partial charge in [0.05, 0.1) is 19.8 Å². The summed E-state index contributed by atoms with van der Waals surface area (Å²) in [7, 11) is 3.21. The second-order valence-corrected chi connectivity index (χ2v) is 6.81. The Bertz CT molecular complexity index is 729. The second-order valence-electron chi connectivity index (χ2n) is 6.81. The summed E-state index contributed by atoms with van der Waals surface area (Å²) in [5.41, 5.74) is 2.00. The smallest absolute Gasteiger partial charge is 0.170 e. The molecular weight excluding hydrogens is 326 g/mol. The van der Waals surface area contributed by atoms with Crippen molar-refractivity contribution < 1.29 is 14.3 Å². The maximum atomic E-state index is 13.1. The van der Waals surface area contributed by atoms with Gasteiger partial charge in [0, 0.05) is 25.1 Å². The van der Waals surface area contributed by atoms with E-state index in [4.69, 9.17) is 9.47 Å². The maximum Gasteiger partial charge on any atom is 0.170 e. The molecule has 1 aliphatic heterocycles. The normalized spacial score (nSPS) is 17.7. The fraction of sp³-hybridized carbons (Fsp3) is 0.409. The Balaban J connectivity index is 1.64. The lowest BCUT2D eigenvalue weighted by molar-refractivity contribution is 0.0818. The highest BCUT2D eigenvalue weighted by atomic mass is 16.5. The van der Waals surface area contributed by atoms with Gasteiger partial charge in [0.2, 0.25) is 0 Å². The quantitative estimate of drug-likeness (QED) is 0.709. The zero-order valence-electron chi connectivity index (χ0n) is 15.6. The van der Waals surface area contributed by atoms with Crippen LogP contribution in [0.25, 0.3) is 0 Å². The van der Waals surface area contributed by atoms with Crippen molar-refractivity contribution in [3.63, 3.8) is 0 Å². The third-order valence-electron chi connectivity index (χ3n) is 5.11. The number of piperidine rings is 1. The van der Waals surface area contributed by atoms with Crippen molar-refractivity contribution in [3.05, 3.63) is 59.7 Å². The van der Waals surface area contributed by atoms with Crippen molar-refractivity contribution in [3.8, 4) is 11.5 Å². The third-order valence-corrected chi connectivity index (χ3v) is 5.11. The number of likely N-dealkylation sites (tertiary alicyclic amines) is 1. The molecule has 1 aliphatic rings. The first-order chi connectivity index (χ1) is 12.7. The molecule has 1 fully saturated rings.